The van der Waals surface area contributed by atoms with Gasteiger partial charge in [0, 0.05) is 51.7 Å². The lowest BCUT2D eigenvalue weighted by Gasteiger charge is -2.27. The number of anilines is 3. The van der Waals surface area contributed by atoms with Crippen molar-refractivity contribution in [3.8, 4) is 33.4 Å². The summed E-state index contributed by atoms with van der Waals surface area (Å²) in [5, 5.41) is 10.2. The molecule has 0 bridgehead atoms. The monoisotopic (exact) mass is 785 g/mol. The van der Waals surface area contributed by atoms with E-state index in [2.05, 4.69) is 217 Å². The second-order valence-electron chi connectivity index (χ2n) is 15.3. The van der Waals surface area contributed by atoms with E-state index >= 15 is 0 Å². The Hall–Kier alpha value is -7.04. The van der Waals surface area contributed by atoms with Crippen LogP contribution in [-0.4, -0.2) is 0 Å². The van der Waals surface area contributed by atoms with Crippen molar-refractivity contribution in [3.05, 3.63) is 212 Å². The molecule has 1 nitrogen and oxygen atoms in total. The standard InChI is InChI=1S/C56H35NS2/c1-3-11-36(12-4-1)41-24-29-49-54(34-41)59-56-47(38-13-5-2-6-14-38)30-31-51(55(49)56)57(44-27-32-53-50(35-44)48-17-9-10-18-52(48)58-53)43-25-21-37(22-26-43)40-23-28-46-42(33-40)20-19-39-15-7-8-16-45(39)46/h1-35H. The van der Waals surface area contributed by atoms with Gasteiger partial charge in [-0.25, -0.2) is 0 Å². The number of hydrogen-bond acceptors (Lipinski definition) is 3. The van der Waals surface area contributed by atoms with Crippen LogP contribution in [0.4, 0.5) is 17.1 Å². The summed E-state index contributed by atoms with van der Waals surface area (Å²) in [4.78, 5) is 2.48. The van der Waals surface area contributed by atoms with Crippen molar-refractivity contribution in [2.24, 2.45) is 0 Å². The topological polar surface area (TPSA) is 3.24 Å². The second-order valence-corrected chi connectivity index (χ2v) is 17.4. The Balaban J connectivity index is 1.07. The third-order valence-corrected chi connectivity index (χ3v) is 14.2. The SMILES string of the molecule is c1ccc(-c2ccc3c(c2)sc2c(-c4ccccc4)ccc(N(c4ccc(-c5ccc6c(ccc7ccccc76)c5)cc4)c4ccc5sc6ccccc6c5c4)c23)cc1. The van der Waals surface area contributed by atoms with Crippen LogP contribution in [0.5, 0.6) is 0 Å². The summed E-state index contributed by atoms with van der Waals surface area (Å²) in [5.41, 5.74) is 10.8. The molecule has 0 saturated heterocycles. The maximum absolute atomic E-state index is 2.48. The van der Waals surface area contributed by atoms with Crippen LogP contribution >= 0.6 is 22.7 Å². The largest absolute Gasteiger partial charge is 0.310 e. The van der Waals surface area contributed by atoms with Crippen molar-refractivity contribution >= 4 is 102 Å². The third kappa shape index (κ3) is 5.73. The molecule has 2 heterocycles. The summed E-state index contributed by atoms with van der Waals surface area (Å²) in [6.07, 6.45) is 0. The molecule has 0 atom stereocenters. The van der Waals surface area contributed by atoms with Gasteiger partial charge >= 0.3 is 0 Å². The third-order valence-electron chi connectivity index (χ3n) is 11.9. The molecule has 2 aromatic heterocycles. The average Bonchev–Trinajstić information content (AvgIpc) is 3.88. The van der Waals surface area contributed by atoms with Gasteiger partial charge in [-0.1, -0.05) is 158 Å². The molecule has 0 spiro atoms. The lowest BCUT2D eigenvalue weighted by molar-refractivity contribution is 1.31. The summed E-state index contributed by atoms with van der Waals surface area (Å²) in [6, 6.07) is 78.2. The molecule has 12 aromatic rings. The fraction of sp³-hybridized carbons (Fsp3) is 0. The number of rotatable bonds is 6. The molecule has 0 N–H and O–H groups in total. The minimum atomic E-state index is 1.12. The quantitative estimate of drug-likeness (QED) is 0.152. The highest BCUT2D eigenvalue weighted by Gasteiger charge is 2.22. The Kier molecular flexibility index (Phi) is 7.97. The van der Waals surface area contributed by atoms with Gasteiger partial charge < -0.3 is 4.90 Å². The van der Waals surface area contributed by atoms with Crippen molar-refractivity contribution in [1.82, 2.24) is 0 Å². The molecule has 0 aliphatic heterocycles. The maximum Gasteiger partial charge on any atom is 0.0555 e. The van der Waals surface area contributed by atoms with E-state index in [4.69, 9.17) is 0 Å². The normalized spacial score (nSPS) is 11.7. The zero-order valence-corrected chi connectivity index (χ0v) is 33.6. The molecule has 276 valence electrons. The second kappa shape index (κ2) is 13.8. The molecule has 0 unspecified atom stereocenters. The van der Waals surface area contributed by atoms with Crippen LogP contribution in [-0.2, 0) is 0 Å². The minimum absolute atomic E-state index is 1.12. The Morgan fingerprint density at radius 3 is 1.75 bits per heavy atom. The van der Waals surface area contributed by atoms with E-state index in [9.17, 15) is 0 Å². The summed E-state index contributed by atoms with van der Waals surface area (Å²) in [7, 11) is 0. The minimum Gasteiger partial charge on any atom is -0.310 e. The summed E-state index contributed by atoms with van der Waals surface area (Å²) >= 11 is 3.76. The van der Waals surface area contributed by atoms with Gasteiger partial charge in [0.15, 0.2) is 0 Å². The highest BCUT2D eigenvalue weighted by Crippen LogP contribution is 2.50. The Labute approximate surface area is 350 Å². The molecule has 0 aliphatic rings. The molecule has 0 radical (unpaired) electrons. The summed E-state index contributed by atoms with van der Waals surface area (Å²) in [6.45, 7) is 0. The molecule has 3 heteroatoms. The smallest absolute Gasteiger partial charge is 0.0555 e. The highest BCUT2D eigenvalue weighted by molar-refractivity contribution is 7.26. The van der Waals surface area contributed by atoms with Gasteiger partial charge in [-0.15, -0.1) is 22.7 Å². The van der Waals surface area contributed by atoms with E-state index in [0.29, 0.717) is 0 Å². The summed E-state index contributed by atoms with van der Waals surface area (Å²) < 4.78 is 5.19. The van der Waals surface area contributed by atoms with E-state index in [1.807, 2.05) is 22.7 Å². The predicted octanol–water partition coefficient (Wildman–Crippen LogP) is 17.2. The number of thiophene rings is 2. The highest BCUT2D eigenvalue weighted by atomic mass is 32.1. The van der Waals surface area contributed by atoms with Crippen LogP contribution in [0.1, 0.15) is 0 Å². The first-order valence-electron chi connectivity index (χ1n) is 20.1. The zero-order chi connectivity index (χ0) is 38.9. The van der Waals surface area contributed by atoms with Crippen molar-refractivity contribution in [2.45, 2.75) is 0 Å². The molecular weight excluding hydrogens is 751 g/mol. The van der Waals surface area contributed by atoms with Gasteiger partial charge in [0.1, 0.15) is 0 Å². The van der Waals surface area contributed by atoms with Gasteiger partial charge in [-0.05, 0) is 110 Å². The lowest BCUT2D eigenvalue weighted by atomic mass is 9.97. The van der Waals surface area contributed by atoms with Crippen LogP contribution < -0.4 is 4.90 Å². The molecule has 0 saturated carbocycles. The lowest BCUT2D eigenvalue weighted by Crippen LogP contribution is -2.10. The van der Waals surface area contributed by atoms with Gasteiger partial charge in [0.2, 0.25) is 0 Å². The Morgan fingerprint density at radius 2 is 0.915 bits per heavy atom. The van der Waals surface area contributed by atoms with E-state index in [0.717, 1.165) is 11.4 Å². The van der Waals surface area contributed by atoms with Gasteiger partial charge in [-0.3, -0.25) is 0 Å². The molecule has 0 aliphatic carbocycles. The first-order chi connectivity index (χ1) is 29.2. The van der Waals surface area contributed by atoms with Crippen LogP contribution in [0.2, 0.25) is 0 Å². The first-order valence-corrected chi connectivity index (χ1v) is 21.7. The average molecular weight is 786 g/mol. The van der Waals surface area contributed by atoms with Crippen molar-refractivity contribution in [1.29, 1.82) is 0 Å². The van der Waals surface area contributed by atoms with E-state index < -0.39 is 0 Å². The maximum atomic E-state index is 2.48. The van der Waals surface area contributed by atoms with Crippen LogP contribution in [0.25, 0.3) is 95.3 Å². The van der Waals surface area contributed by atoms with Crippen LogP contribution in [0.15, 0.2) is 212 Å². The van der Waals surface area contributed by atoms with E-state index in [1.54, 1.807) is 0 Å². The van der Waals surface area contributed by atoms with E-state index in [-0.39, 0.29) is 0 Å². The fourth-order valence-electron chi connectivity index (χ4n) is 8.98. The first kappa shape index (κ1) is 34.0. The Morgan fingerprint density at radius 1 is 0.305 bits per heavy atom. The molecule has 59 heavy (non-hydrogen) atoms. The Bertz CT molecular complexity index is 3540. The predicted molar refractivity (Wildman–Crippen MR) is 258 cm³/mol. The number of hydrogen-bond donors (Lipinski definition) is 0. The molecule has 12 rings (SSSR count). The molecule has 10 aromatic carbocycles. The van der Waals surface area contributed by atoms with Crippen molar-refractivity contribution in [3.63, 3.8) is 0 Å². The molecule has 0 fully saturated rings. The van der Waals surface area contributed by atoms with Gasteiger partial charge in [0.25, 0.3) is 0 Å². The van der Waals surface area contributed by atoms with Crippen molar-refractivity contribution < 1.29 is 0 Å². The van der Waals surface area contributed by atoms with Crippen molar-refractivity contribution in [2.75, 3.05) is 4.90 Å². The number of nitrogens with zero attached hydrogens (tertiary/aromatic N) is 1. The van der Waals surface area contributed by atoms with Gasteiger partial charge in [0.05, 0.1) is 5.69 Å². The fourth-order valence-corrected chi connectivity index (χ4v) is 11.4. The van der Waals surface area contributed by atoms with Crippen LogP contribution in [0, 0.1) is 0 Å². The zero-order valence-electron chi connectivity index (χ0n) is 32.0. The molecule has 0 amide bonds. The number of fused-ring (bicyclic) bond motifs is 9. The van der Waals surface area contributed by atoms with Crippen LogP contribution in [0.3, 0.4) is 0 Å². The molecular formula is C56H35NS2. The van der Waals surface area contributed by atoms with E-state index in [1.165, 1.54) is 101 Å². The summed E-state index contributed by atoms with van der Waals surface area (Å²) in [5.74, 6) is 0. The number of benzene rings is 10. The van der Waals surface area contributed by atoms with Gasteiger partial charge in [-0.2, -0.15) is 0 Å².